The molecule has 3 fully saturated rings. The lowest BCUT2D eigenvalue weighted by Crippen LogP contribution is -2.35. The van der Waals surface area contributed by atoms with E-state index in [1.54, 1.807) is 6.07 Å². The molecule has 31 heavy (non-hydrogen) atoms. The van der Waals surface area contributed by atoms with Crippen LogP contribution in [0.2, 0.25) is 0 Å². The normalized spacial score (nSPS) is 33.2. The minimum Gasteiger partial charge on any atom is -0.426 e. The topological polar surface area (TPSA) is 50.1 Å². The molecule has 1 aromatic rings. The Morgan fingerprint density at radius 3 is 2.32 bits per heavy atom. The van der Waals surface area contributed by atoms with Crippen LogP contribution in [0.3, 0.4) is 0 Å². The molecular weight excluding hydrogens is 389 g/mol. The van der Waals surface area contributed by atoms with Crippen molar-refractivity contribution in [3.63, 3.8) is 0 Å². The van der Waals surface area contributed by atoms with Crippen LogP contribution in [-0.4, -0.2) is 5.97 Å². The van der Waals surface area contributed by atoms with E-state index >= 15 is 0 Å². The predicted octanol–water partition coefficient (Wildman–Crippen LogP) is 7.04. The van der Waals surface area contributed by atoms with Gasteiger partial charge in [-0.05, 0) is 99.5 Å². The first-order valence-corrected chi connectivity index (χ1v) is 12.5. The Kier molecular flexibility index (Phi) is 7.31. The Morgan fingerprint density at radius 2 is 1.65 bits per heavy atom. The van der Waals surface area contributed by atoms with Gasteiger partial charge < -0.3 is 4.74 Å². The standard InChI is InChI=1S/C27H36FNO2/c1-2-3-18-4-5-23-15-22(11-10-21(23)14-18)19-6-8-20(9-7-19)27(30)31-25-13-12-24(17-29)26(28)16-25/h12-13,16,18-23H,2-11,14-15H2,1H3. The van der Waals surface area contributed by atoms with Gasteiger partial charge in [-0.25, -0.2) is 4.39 Å². The van der Waals surface area contributed by atoms with Gasteiger partial charge in [0.2, 0.25) is 0 Å². The third kappa shape index (κ3) is 5.30. The fourth-order valence-corrected chi connectivity index (χ4v) is 6.80. The molecule has 4 unspecified atom stereocenters. The Balaban J connectivity index is 1.24. The lowest BCUT2D eigenvalue weighted by atomic mass is 9.60. The fourth-order valence-electron chi connectivity index (χ4n) is 6.80. The maximum absolute atomic E-state index is 13.8. The Labute approximate surface area is 186 Å². The molecule has 4 atom stereocenters. The number of rotatable bonds is 5. The summed E-state index contributed by atoms with van der Waals surface area (Å²) in [5, 5.41) is 8.83. The van der Waals surface area contributed by atoms with Gasteiger partial charge >= 0.3 is 5.97 Å². The van der Waals surface area contributed by atoms with Crippen LogP contribution in [0.1, 0.15) is 89.5 Å². The van der Waals surface area contributed by atoms with E-state index in [2.05, 4.69) is 6.92 Å². The number of hydrogen-bond acceptors (Lipinski definition) is 3. The summed E-state index contributed by atoms with van der Waals surface area (Å²) in [5.74, 6) is 3.71. The van der Waals surface area contributed by atoms with Gasteiger partial charge in [-0.3, -0.25) is 4.79 Å². The molecule has 0 aromatic heterocycles. The monoisotopic (exact) mass is 425 g/mol. The van der Waals surface area contributed by atoms with Crippen LogP contribution in [0.25, 0.3) is 0 Å². The van der Waals surface area contributed by atoms with E-state index in [1.165, 1.54) is 63.5 Å². The Morgan fingerprint density at radius 1 is 1.00 bits per heavy atom. The number of carbonyl (C=O) groups excluding carboxylic acids is 1. The fraction of sp³-hybridized carbons (Fsp3) is 0.704. The summed E-state index contributed by atoms with van der Waals surface area (Å²) in [6.07, 6.45) is 15.3. The number of nitrogens with zero attached hydrogens (tertiary/aromatic N) is 1. The van der Waals surface area contributed by atoms with Crippen molar-refractivity contribution in [3.8, 4) is 11.8 Å². The quantitative estimate of drug-likeness (QED) is 0.375. The number of nitriles is 1. The van der Waals surface area contributed by atoms with Crippen molar-refractivity contribution in [2.45, 2.75) is 84.0 Å². The number of benzene rings is 1. The van der Waals surface area contributed by atoms with Crippen molar-refractivity contribution >= 4 is 5.97 Å². The molecule has 0 saturated heterocycles. The zero-order valence-electron chi connectivity index (χ0n) is 18.8. The van der Waals surface area contributed by atoms with Gasteiger partial charge in [0.05, 0.1) is 11.5 Å². The van der Waals surface area contributed by atoms with Gasteiger partial charge in [0.1, 0.15) is 17.6 Å². The van der Waals surface area contributed by atoms with Crippen molar-refractivity contribution in [2.75, 3.05) is 0 Å². The second kappa shape index (κ2) is 10.2. The first-order valence-electron chi connectivity index (χ1n) is 12.5. The second-order valence-corrected chi connectivity index (χ2v) is 10.3. The van der Waals surface area contributed by atoms with Crippen molar-refractivity contribution in [1.29, 1.82) is 5.26 Å². The molecule has 4 heteroatoms. The van der Waals surface area contributed by atoms with E-state index in [0.717, 1.165) is 61.3 Å². The molecule has 168 valence electrons. The number of ether oxygens (including phenoxy) is 1. The highest BCUT2D eigenvalue weighted by Crippen LogP contribution is 2.49. The van der Waals surface area contributed by atoms with E-state index in [-0.39, 0.29) is 23.2 Å². The van der Waals surface area contributed by atoms with Crippen LogP contribution >= 0.6 is 0 Å². The minimum atomic E-state index is -0.643. The molecule has 0 N–H and O–H groups in total. The zero-order chi connectivity index (χ0) is 21.8. The maximum atomic E-state index is 13.8. The lowest BCUT2D eigenvalue weighted by molar-refractivity contribution is -0.140. The summed E-state index contributed by atoms with van der Waals surface area (Å²) in [6, 6.07) is 5.78. The average Bonchev–Trinajstić information content (AvgIpc) is 2.79. The van der Waals surface area contributed by atoms with Crippen LogP contribution in [0, 0.1) is 52.7 Å². The van der Waals surface area contributed by atoms with Gasteiger partial charge in [-0.15, -0.1) is 0 Å². The molecule has 0 radical (unpaired) electrons. The predicted molar refractivity (Wildman–Crippen MR) is 119 cm³/mol. The molecule has 4 rings (SSSR count). The molecule has 0 bridgehead atoms. The Hall–Kier alpha value is -1.89. The number of halogens is 1. The van der Waals surface area contributed by atoms with E-state index in [9.17, 15) is 9.18 Å². The minimum absolute atomic E-state index is 0.0334. The molecular formula is C27H36FNO2. The lowest BCUT2D eigenvalue weighted by Gasteiger charge is -2.45. The molecule has 3 nitrogen and oxygen atoms in total. The first-order chi connectivity index (χ1) is 15.1. The summed E-state index contributed by atoms with van der Waals surface area (Å²) in [4.78, 5) is 12.6. The van der Waals surface area contributed by atoms with E-state index in [0.29, 0.717) is 0 Å². The highest BCUT2D eigenvalue weighted by molar-refractivity contribution is 5.75. The van der Waals surface area contributed by atoms with Crippen molar-refractivity contribution in [3.05, 3.63) is 29.6 Å². The van der Waals surface area contributed by atoms with Crippen LogP contribution in [0.5, 0.6) is 5.75 Å². The summed E-state index contributed by atoms with van der Waals surface area (Å²) >= 11 is 0. The number of esters is 1. The molecule has 3 aliphatic carbocycles. The van der Waals surface area contributed by atoms with Crippen molar-refractivity contribution in [2.24, 2.45) is 35.5 Å². The van der Waals surface area contributed by atoms with Gasteiger partial charge in [-0.2, -0.15) is 5.26 Å². The van der Waals surface area contributed by atoms with Gasteiger partial charge in [0.25, 0.3) is 0 Å². The first kappa shape index (κ1) is 22.3. The molecule has 0 aliphatic heterocycles. The molecule has 3 aliphatic rings. The second-order valence-electron chi connectivity index (χ2n) is 10.3. The average molecular weight is 426 g/mol. The smallest absolute Gasteiger partial charge is 0.314 e. The van der Waals surface area contributed by atoms with E-state index in [4.69, 9.17) is 10.00 Å². The molecule has 0 heterocycles. The Bertz CT molecular complexity index is 808. The van der Waals surface area contributed by atoms with Crippen LogP contribution in [-0.2, 0) is 4.79 Å². The molecule has 1 aromatic carbocycles. The number of carbonyl (C=O) groups is 1. The molecule has 0 amide bonds. The molecule has 0 spiro atoms. The van der Waals surface area contributed by atoms with E-state index < -0.39 is 5.82 Å². The van der Waals surface area contributed by atoms with Crippen LogP contribution in [0.4, 0.5) is 4.39 Å². The highest BCUT2D eigenvalue weighted by Gasteiger charge is 2.39. The maximum Gasteiger partial charge on any atom is 0.314 e. The molecule has 3 saturated carbocycles. The van der Waals surface area contributed by atoms with Crippen molar-refractivity contribution in [1.82, 2.24) is 0 Å². The number of fused-ring (bicyclic) bond motifs is 1. The summed E-state index contributed by atoms with van der Waals surface area (Å²) < 4.78 is 19.2. The summed E-state index contributed by atoms with van der Waals surface area (Å²) in [7, 11) is 0. The van der Waals surface area contributed by atoms with Crippen LogP contribution in [0.15, 0.2) is 18.2 Å². The summed E-state index contributed by atoms with van der Waals surface area (Å²) in [6.45, 7) is 2.32. The van der Waals surface area contributed by atoms with E-state index in [1.807, 2.05) is 0 Å². The largest absolute Gasteiger partial charge is 0.426 e. The van der Waals surface area contributed by atoms with Gasteiger partial charge in [0, 0.05) is 6.07 Å². The van der Waals surface area contributed by atoms with Gasteiger partial charge in [-0.1, -0.05) is 26.2 Å². The van der Waals surface area contributed by atoms with Gasteiger partial charge in [0.15, 0.2) is 0 Å². The highest BCUT2D eigenvalue weighted by atomic mass is 19.1. The zero-order valence-corrected chi connectivity index (χ0v) is 18.8. The third-order valence-corrected chi connectivity index (χ3v) is 8.51. The third-order valence-electron chi connectivity index (χ3n) is 8.51. The van der Waals surface area contributed by atoms with Crippen molar-refractivity contribution < 1.29 is 13.9 Å². The van der Waals surface area contributed by atoms with Crippen LogP contribution < -0.4 is 4.74 Å². The number of hydrogen-bond donors (Lipinski definition) is 0. The SMILES string of the molecule is CCCC1CCC2CC(C3CCC(C(=O)Oc4ccc(C#N)c(F)c4)CC3)CCC2C1. The summed E-state index contributed by atoms with van der Waals surface area (Å²) in [5.41, 5.74) is -0.0334.